The quantitative estimate of drug-likeness (QED) is 0.467. The van der Waals surface area contributed by atoms with Gasteiger partial charge in [0, 0.05) is 13.0 Å². The van der Waals surface area contributed by atoms with Crippen LogP contribution < -0.4 is 0 Å². The molecule has 0 atom stereocenters. The van der Waals surface area contributed by atoms with Crippen molar-refractivity contribution < 1.29 is 32.3 Å². The monoisotopic (exact) mass is 393 g/mol. The summed E-state index contributed by atoms with van der Waals surface area (Å²) in [6.45, 7) is 0.0886. The molecule has 1 saturated heterocycles. The third-order valence-corrected chi connectivity index (χ3v) is 4.57. The molecule has 0 radical (unpaired) electrons. The zero-order valence-corrected chi connectivity index (χ0v) is 14.1. The molecule has 1 aromatic rings. The number of carbonyl (C=O) groups is 2. The molecule has 0 aliphatic carbocycles. The van der Waals surface area contributed by atoms with Gasteiger partial charge in [0.2, 0.25) is 0 Å². The van der Waals surface area contributed by atoms with E-state index in [-0.39, 0.29) is 34.2 Å². The van der Waals surface area contributed by atoms with E-state index in [1.165, 1.54) is 4.90 Å². The first-order valence-electron chi connectivity index (χ1n) is 6.93. The highest BCUT2D eigenvalue weighted by Crippen LogP contribution is 2.35. The van der Waals surface area contributed by atoms with Gasteiger partial charge in [-0.15, -0.1) is 0 Å². The second-order valence-corrected chi connectivity index (χ2v) is 6.78. The molecule has 0 aromatic heterocycles. The van der Waals surface area contributed by atoms with E-state index in [2.05, 4.69) is 0 Å². The second-order valence-electron chi connectivity index (χ2n) is 5.10. The lowest BCUT2D eigenvalue weighted by atomic mass is 10.1. The Morgan fingerprint density at radius 1 is 1.32 bits per heavy atom. The molecule has 0 spiro atoms. The lowest BCUT2D eigenvalue weighted by Gasteiger charge is -2.13. The third kappa shape index (κ3) is 5.02. The minimum absolute atomic E-state index is 0.0547. The van der Waals surface area contributed by atoms with Crippen LogP contribution in [-0.4, -0.2) is 32.7 Å². The van der Waals surface area contributed by atoms with Crippen LogP contribution in [0, 0.1) is 5.82 Å². The van der Waals surface area contributed by atoms with Crippen LogP contribution in [-0.2, 0) is 15.8 Å². The number of nitrogens with zero attached hydrogens (tertiary/aromatic N) is 1. The molecular weight excluding hydrogens is 382 g/mol. The normalized spacial score (nSPS) is 16.8. The van der Waals surface area contributed by atoms with Crippen LogP contribution in [0.1, 0.15) is 24.0 Å². The molecule has 1 aliphatic rings. The van der Waals surface area contributed by atoms with Crippen molar-refractivity contribution in [2.75, 3.05) is 6.54 Å². The van der Waals surface area contributed by atoms with Crippen molar-refractivity contribution in [1.82, 2.24) is 4.90 Å². The fourth-order valence-corrected chi connectivity index (χ4v) is 3.40. The Hall–Kier alpha value is -1.94. The van der Waals surface area contributed by atoms with Crippen LogP contribution in [0.15, 0.2) is 23.1 Å². The molecule has 2 rings (SSSR count). The van der Waals surface area contributed by atoms with E-state index in [0.29, 0.717) is 6.07 Å². The molecule has 10 heteroatoms. The number of alkyl halides is 3. The number of aliphatic carboxylic acids is 1. The summed E-state index contributed by atoms with van der Waals surface area (Å²) in [5.74, 6) is -2.63. The summed E-state index contributed by atoms with van der Waals surface area (Å²) in [4.78, 5) is 24.0. The fourth-order valence-electron chi connectivity index (χ4n) is 2.09. The highest BCUT2D eigenvalue weighted by Gasteiger charge is 2.33. The summed E-state index contributed by atoms with van der Waals surface area (Å²) < 4.78 is 51.8. The van der Waals surface area contributed by atoms with Gasteiger partial charge in [-0.3, -0.25) is 14.5 Å². The van der Waals surface area contributed by atoms with Crippen molar-refractivity contribution >= 4 is 46.3 Å². The van der Waals surface area contributed by atoms with E-state index in [0.717, 1.165) is 30.0 Å². The van der Waals surface area contributed by atoms with Crippen molar-refractivity contribution in [3.05, 3.63) is 40.0 Å². The lowest BCUT2D eigenvalue weighted by Crippen LogP contribution is -2.29. The summed E-state index contributed by atoms with van der Waals surface area (Å²) in [6, 6.07) is 1.99. The van der Waals surface area contributed by atoms with Gasteiger partial charge < -0.3 is 5.11 Å². The van der Waals surface area contributed by atoms with Gasteiger partial charge in [-0.1, -0.05) is 24.0 Å². The second kappa shape index (κ2) is 7.52. The predicted molar refractivity (Wildman–Crippen MR) is 88.2 cm³/mol. The van der Waals surface area contributed by atoms with Gasteiger partial charge in [-0.2, -0.15) is 13.2 Å². The molecule has 4 nitrogen and oxygen atoms in total. The van der Waals surface area contributed by atoms with Crippen LogP contribution in [0.4, 0.5) is 17.6 Å². The number of rotatable bonds is 5. The predicted octanol–water partition coefficient (Wildman–Crippen LogP) is 3.91. The van der Waals surface area contributed by atoms with Crippen molar-refractivity contribution in [2.24, 2.45) is 0 Å². The van der Waals surface area contributed by atoms with E-state index < -0.39 is 29.4 Å². The number of hydrogen-bond donors (Lipinski definition) is 1. The zero-order valence-electron chi connectivity index (χ0n) is 12.5. The summed E-state index contributed by atoms with van der Waals surface area (Å²) in [7, 11) is 0. The molecule has 25 heavy (non-hydrogen) atoms. The van der Waals surface area contributed by atoms with Crippen molar-refractivity contribution in [1.29, 1.82) is 0 Å². The maximum Gasteiger partial charge on any atom is 0.416 e. The zero-order chi connectivity index (χ0) is 18.8. The molecule has 0 saturated carbocycles. The van der Waals surface area contributed by atoms with Gasteiger partial charge >= 0.3 is 12.1 Å². The van der Waals surface area contributed by atoms with E-state index in [4.69, 9.17) is 17.3 Å². The number of thioether (sulfide) groups is 1. The summed E-state index contributed by atoms with van der Waals surface area (Å²) in [5, 5.41) is 8.60. The van der Waals surface area contributed by atoms with Crippen LogP contribution in [0.2, 0.25) is 0 Å². The fraction of sp³-hybridized carbons (Fsp3) is 0.267. The minimum atomic E-state index is -4.71. The third-order valence-electron chi connectivity index (χ3n) is 3.19. The summed E-state index contributed by atoms with van der Waals surface area (Å²) >= 11 is 5.90. The van der Waals surface area contributed by atoms with E-state index in [1.54, 1.807) is 0 Å². The number of carboxylic acids is 1. The molecule has 1 amide bonds. The molecule has 0 unspecified atom stereocenters. The Kier molecular flexibility index (Phi) is 5.83. The molecule has 0 bridgehead atoms. The average Bonchev–Trinajstić information content (AvgIpc) is 2.73. The number of hydrogen-bond acceptors (Lipinski definition) is 4. The van der Waals surface area contributed by atoms with Gasteiger partial charge in [-0.05, 0) is 36.3 Å². The SMILES string of the molecule is O=C(O)CCCN1C(=O)C(=Cc2cc(F)cc(C(F)(F)F)c2)SC1=S. The highest BCUT2D eigenvalue weighted by atomic mass is 32.2. The Bertz CT molecular complexity index is 762. The first-order valence-corrected chi connectivity index (χ1v) is 8.15. The molecule has 1 heterocycles. The maximum atomic E-state index is 13.4. The molecule has 134 valence electrons. The molecule has 1 aliphatic heterocycles. The van der Waals surface area contributed by atoms with Crippen LogP contribution >= 0.6 is 24.0 Å². The number of benzene rings is 1. The highest BCUT2D eigenvalue weighted by molar-refractivity contribution is 8.26. The van der Waals surface area contributed by atoms with E-state index >= 15 is 0 Å². The van der Waals surface area contributed by atoms with Crippen molar-refractivity contribution in [3.63, 3.8) is 0 Å². The van der Waals surface area contributed by atoms with Gasteiger partial charge in [0.25, 0.3) is 5.91 Å². The Morgan fingerprint density at radius 2 is 2.00 bits per heavy atom. The van der Waals surface area contributed by atoms with Gasteiger partial charge in [0.1, 0.15) is 10.1 Å². The van der Waals surface area contributed by atoms with Crippen LogP contribution in [0.5, 0.6) is 0 Å². The van der Waals surface area contributed by atoms with Gasteiger partial charge in [0.05, 0.1) is 10.5 Å². The molecule has 1 N–H and O–H groups in total. The number of halogens is 4. The van der Waals surface area contributed by atoms with E-state index in [9.17, 15) is 27.2 Å². The van der Waals surface area contributed by atoms with Crippen LogP contribution in [0.3, 0.4) is 0 Å². The Labute approximate surface area is 149 Å². The first kappa shape index (κ1) is 19.4. The Morgan fingerprint density at radius 3 is 2.60 bits per heavy atom. The molecule has 1 fully saturated rings. The summed E-state index contributed by atoms with van der Waals surface area (Å²) in [5.41, 5.74) is -1.27. The van der Waals surface area contributed by atoms with Gasteiger partial charge in [-0.25, -0.2) is 4.39 Å². The Balaban J connectivity index is 2.22. The maximum absolute atomic E-state index is 13.4. The topological polar surface area (TPSA) is 57.6 Å². The largest absolute Gasteiger partial charge is 0.481 e. The number of amides is 1. The number of carbonyl (C=O) groups excluding carboxylic acids is 1. The van der Waals surface area contributed by atoms with Crippen LogP contribution in [0.25, 0.3) is 6.08 Å². The first-order chi connectivity index (χ1) is 11.6. The smallest absolute Gasteiger partial charge is 0.416 e. The van der Waals surface area contributed by atoms with Gasteiger partial charge in [0.15, 0.2) is 0 Å². The molecule has 1 aromatic carbocycles. The van der Waals surface area contributed by atoms with E-state index in [1.807, 2.05) is 0 Å². The standard InChI is InChI=1S/C15H11F4NO3S2/c16-10-5-8(4-9(7-10)15(17,18)19)6-11-13(23)20(14(24)25-11)3-1-2-12(21)22/h4-7H,1-3H2,(H,21,22). The van der Waals surface area contributed by atoms with Crippen molar-refractivity contribution in [3.8, 4) is 0 Å². The number of thiocarbonyl (C=S) groups is 1. The van der Waals surface area contributed by atoms with Crippen molar-refractivity contribution in [2.45, 2.75) is 19.0 Å². The summed E-state index contributed by atoms with van der Waals surface area (Å²) in [6.07, 6.45) is -3.53. The average molecular weight is 393 g/mol. The number of carboxylic acid groups (broad SMARTS) is 1. The minimum Gasteiger partial charge on any atom is -0.481 e. The lowest BCUT2D eigenvalue weighted by molar-refractivity contribution is -0.138. The molecular formula is C15H11F4NO3S2.